The third-order valence-electron chi connectivity index (χ3n) is 6.87. The van der Waals surface area contributed by atoms with E-state index in [1.807, 2.05) is 0 Å². The minimum atomic E-state index is 0.105. The summed E-state index contributed by atoms with van der Waals surface area (Å²) >= 11 is 0. The molecule has 0 bridgehead atoms. The topological polar surface area (TPSA) is 65.6 Å². The fraction of sp³-hybridized carbons (Fsp3) is 1.00. The van der Waals surface area contributed by atoms with Crippen LogP contribution in [0.3, 0.4) is 0 Å². The lowest BCUT2D eigenvalue weighted by Crippen LogP contribution is -2.96. The van der Waals surface area contributed by atoms with Crippen LogP contribution in [0.15, 0.2) is 0 Å². The number of piperidine rings is 1. The first kappa shape index (κ1) is 19.1. The van der Waals surface area contributed by atoms with Gasteiger partial charge in [0.15, 0.2) is 0 Å². The van der Waals surface area contributed by atoms with Crippen molar-refractivity contribution >= 4 is 0 Å². The van der Waals surface area contributed by atoms with Crippen LogP contribution in [-0.4, -0.2) is 80.3 Å². The first-order chi connectivity index (χ1) is 12.6. The molecule has 0 aromatic rings. The summed E-state index contributed by atoms with van der Waals surface area (Å²) < 4.78 is 6.05. The van der Waals surface area contributed by atoms with E-state index >= 15 is 0 Å². The number of rotatable bonds is 5. The quantitative estimate of drug-likeness (QED) is 0.617. The third-order valence-corrected chi connectivity index (χ3v) is 6.87. The van der Waals surface area contributed by atoms with Crippen molar-refractivity contribution in [3.63, 3.8) is 0 Å². The highest BCUT2D eigenvalue weighted by atomic mass is 16.7. The number of ether oxygens (including phenoxy) is 1. The number of nitrogens with two attached hydrogens (primary N) is 1. The molecule has 7 nitrogen and oxygen atoms in total. The number of quaternary nitrogens is 1. The molecular formula is C19H38N5O2+. The minimum absolute atomic E-state index is 0.105. The highest BCUT2D eigenvalue weighted by Gasteiger charge is 2.42. The van der Waals surface area contributed by atoms with Gasteiger partial charge in [-0.05, 0) is 59.7 Å². The fourth-order valence-corrected chi connectivity index (χ4v) is 5.24. The maximum absolute atomic E-state index is 6.05. The summed E-state index contributed by atoms with van der Waals surface area (Å²) in [5.74, 6) is 0.630. The molecule has 150 valence electrons. The maximum Gasteiger partial charge on any atom is 0.146 e. The Balaban J connectivity index is 1.26. The molecular weight excluding hydrogens is 330 g/mol. The molecule has 0 saturated carbocycles. The molecule has 4 saturated heterocycles. The van der Waals surface area contributed by atoms with E-state index < -0.39 is 0 Å². The summed E-state index contributed by atoms with van der Waals surface area (Å²) in [6.07, 6.45) is 9.24. The van der Waals surface area contributed by atoms with Crippen LogP contribution >= 0.6 is 0 Å². The van der Waals surface area contributed by atoms with Gasteiger partial charge < -0.3 is 10.1 Å². The van der Waals surface area contributed by atoms with Crippen LogP contribution in [0.4, 0.5) is 0 Å². The largest absolute Gasteiger partial charge is 0.374 e. The van der Waals surface area contributed by atoms with Crippen molar-refractivity contribution < 1.29 is 14.9 Å². The van der Waals surface area contributed by atoms with Crippen molar-refractivity contribution in [3.8, 4) is 0 Å². The summed E-state index contributed by atoms with van der Waals surface area (Å²) in [4.78, 5) is 10.9. The van der Waals surface area contributed by atoms with Crippen molar-refractivity contribution in [2.75, 3.05) is 33.7 Å². The zero-order valence-electron chi connectivity index (χ0n) is 16.7. The van der Waals surface area contributed by atoms with Crippen molar-refractivity contribution in [1.29, 1.82) is 0 Å². The highest BCUT2D eigenvalue weighted by Crippen LogP contribution is 2.28. The van der Waals surface area contributed by atoms with Crippen LogP contribution in [0, 0.1) is 5.92 Å². The summed E-state index contributed by atoms with van der Waals surface area (Å²) in [6, 6.07) is 0.467. The molecule has 4 aliphatic rings. The van der Waals surface area contributed by atoms with Gasteiger partial charge in [-0.1, -0.05) is 0 Å². The molecule has 4 rings (SSSR count). The lowest BCUT2D eigenvalue weighted by atomic mass is 9.94. The van der Waals surface area contributed by atoms with E-state index in [2.05, 4.69) is 46.9 Å². The van der Waals surface area contributed by atoms with Gasteiger partial charge in [-0.15, -0.1) is 0 Å². The van der Waals surface area contributed by atoms with Gasteiger partial charge in [0.2, 0.25) is 0 Å². The average Bonchev–Trinajstić information content (AvgIpc) is 3.36. The van der Waals surface area contributed by atoms with Crippen LogP contribution in [-0.2, 0) is 9.57 Å². The van der Waals surface area contributed by atoms with Crippen LogP contribution < -0.4 is 16.1 Å². The van der Waals surface area contributed by atoms with Crippen LogP contribution in [0.5, 0.6) is 0 Å². The Kier molecular flexibility index (Phi) is 6.15. The van der Waals surface area contributed by atoms with Gasteiger partial charge in [0.05, 0.1) is 31.0 Å². The first-order valence-corrected chi connectivity index (χ1v) is 10.7. The Labute approximate surface area is 158 Å². The molecule has 7 unspecified atom stereocenters. The Morgan fingerprint density at radius 2 is 2.04 bits per heavy atom. The predicted octanol–water partition coefficient (Wildman–Crippen LogP) is -0.344. The lowest BCUT2D eigenvalue weighted by molar-refractivity contribution is -0.721. The summed E-state index contributed by atoms with van der Waals surface area (Å²) in [7, 11) is 4.35. The normalized spacial score (nSPS) is 45.0. The zero-order valence-corrected chi connectivity index (χ0v) is 16.7. The Bertz CT molecular complexity index is 457. The van der Waals surface area contributed by atoms with E-state index in [0.29, 0.717) is 30.3 Å². The van der Waals surface area contributed by atoms with Gasteiger partial charge in [-0.2, -0.15) is 5.48 Å². The number of nitrogens with one attached hydrogen (secondary N) is 2. The van der Waals surface area contributed by atoms with Gasteiger partial charge in [-0.3, -0.25) is 20.0 Å². The van der Waals surface area contributed by atoms with E-state index in [-0.39, 0.29) is 12.4 Å². The number of nitrogens with zero attached hydrogens (tertiary/aromatic N) is 2. The highest BCUT2D eigenvalue weighted by molar-refractivity contribution is 4.91. The third kappa shape index (κ3) is 4.24. The standard InChI is InChI=1S/C19H37N5O2/c1-13-6-8-15(25-13)12-24-10-4-5-16(24)19-21-18(22-26-19)14-7-9-17(20-11-14)23(2)3/h13-22H,4-12H2,1-3H3/p+1. The van der Waals surface area contributed by atoms with E-state index in [1.165, 1.54) is 45.1 Å². The average molecular weight is 369 g/mol. The van der Waals surface area contributed by atoms with Crippen LogP contribution in [0.25, 0.3) is 0 Å². The Morgan fingerprint density at radius 3 is 2.73 bits per heavy atom. The van der Waals surface area contributed by atoms with Gasteiger partial charge >= 0.3 is 0 Å². The minimum Gasteiger partial charge on any atom is -0.374 e. The smallest absolute Gasteiger partial charge is 0.146 e. The van der Waals surface area contributed by atoms with Crippen molar-refractivity contribution in [2.24, 2.45) is 5.92 Å². The maximum atomic E-state index is 6.05. The second-order valence-electron chi connectivity index (χ2n) is 8.99. The lowest BCUT2D eigenvalue weighted by Gasteiger charge is -2.33. The van der Waals surface area contributed by atoms with E-state index in [4.69, 9.17) is 9.57 Å². The predicted molar refractivity (Wildman–Crippen MR) is 100 cm³/mol. The summed E-state index contributed by atoms with van der Waals surface area (Å²) in [6.45, 7) is 5.58. The number of hydrogen-bond acceptors (Lipinski definition) is 6. The van der Waals surface area contributed by atoms with Crippen molar-refractivity contribution in [3.05, 3.63) is 0 Å². The Hall–Kier alpha value is -0.280. The number of likely N-dealkylation sites (tertiary alicyclic amines) is 1. The molecule has 4 heterocycles. The van der Waals surface area contributed by atoms with E-state index in [1.54, 1.807) is 0 Å². The van der Waals surface area contributed by atoms with Gasteiger partial charge in [-0.25, -0.2) is 0 Å². The van der Waals surface area contributed by atoms with Crippen LogP contribution in [0.2, 0.25) is 0 Å². The number of hydrogen-bond donors (Lipinski definition) is 3. The van der Waals surface area contributed by atoms with E-state index in [9.17, 15) is 0 Å². The summed E-state index contributed by atoms with van der Waals surface area (Å²) in [5.41, 5.74) is 3.32. The monoisotopic (exact) mass is 368 g/mol. The van der Waals surface area contributed by atoms with E-state index in [0.717, 1.165) is 13.1 Å². The molecule has 0 amide bonds. The molecule has 0 spiro atoms. The van der Waals surface area contributed by atoms with Crippen LogP contribution in [0.1, 0.15) is 45.4 Å². The fourth-order valence-electron chi connectivity index (χ4n) is 5.24. The molecule has 0 aromatic carbocycles. The molecule has 0 radical (unpaired) electrons. The van der Waals surface area contributed by atoms with Gasteiger partial charge in [0.25, 0.3) is 0 Å². The molecule has 4 aliphatic heterocycles. The second-order valence-corrected chi connectivity index (χ2v) is 8.99. The zero-order chi connectivity index (χ0) is 18.1. The molecule has 7 heteroatoms. The molecule has 4 N–H and O–H groups in total. The second kappa shape index (κ2) is 8.39. The molecule has 0 aromatic heterocycles. The summed E-state index contributed by atoms with van der Waals surface area (Å²) in [5, 5.41) is 6.24. The van der Waals surface area contributed by atoms with Crippen molar-refractivity contribution in [1.82, 2.24) is 20.6 Å². The Morgan fingerprint density at radius 1 is 1.15 bits per heavy atom. The molecule has 26 heavy (non-hydrogen) atoms. The number of hydroxylamine groups is 1. The molecule has 0 aliphatic carbocycles. The van der Waals surface area contributed by atoms with Gasteiger partial charge in [0.1, 0.15) is 12.4 Å². The molecule has 4 fully saturated rings. The van der Waals surface area contributed by atoms with Crippen molar-refractivity contribution in [2.45, 2.75) is 82.3 Å². The molecule has 7 atom stereocenters. The first-order valence-electron chi connectivity index (χ1n) is 10.7. The SMILES string of the molecule is CC1CCC(CN2CCCC2C2NC(C3CCC(N(C)C)[NH2+]C3)NO2)O1. The van der Waals surface area contributed by atoms with Gasteiger partial charge in [0, 0.05) is 18.9 Å².